The van der Waals surface area contributed by atoms with E-state index in [1.807, 2.05) is 31.2 Å². The molecule has 1 aliphatic heterocycles. The number of aryl methyl sites for hydroxylation is 1. The molecule has 29 heavy (non-hydrogen) atoms. The van der Waals surface area contributed by atoms with Crippen LogP contribution in [-0.2, 0) is 19.1 Å². The number of esters is 1. The lowest BCUT2D eigenvalue weighted by Gasteiger charge is -2.32. The van der Waals surface area contributed by atoms with Crippen molar-refractivity contribution in [3.63, 3.8) is 0 Å². The van der Waals surface area contributed by atoms with E-state index in [0.29, 0.717) is 17.1 Å². The molecule has 2 atom stereocenters. The summed E-state index contributed by atoms with van der Waals surface area (Å²) in [6, 6.07) is 14.5. The molecule has 1 heterocycles. The highest BCUT2D eigenvalue weighted by Crippen LogP contribution is 2.33. The Kier molecular flexibility index (Phi) is 6.16. The van der Waals surface area contributed by atoms with Gasteiger partial charge >= 0.3 is 5.97 Å². The van der Waals surface area contributed by atoms with Crippen molar-refractivity contribution in [1.29, 1.82) is 0 Å². The first-order valence-electron chi connectivity index (χ1n) is 9.49. The van der Waals surface area contributed by atoms with Crippen LogP contribution in [0.4, 0.5) is 11.4 Å². The van der Waals surface area contributed by atoms with Crippen molar-refractivity contribution in [1.82, 2.24) is 0 Å². The van der Waals surface area contributed by atoms with Gasteiger partial charge in [-0.05, 0) is 50.6 Å². The molecule has 0 spiro atoms. The first kappa shape index (κ1) is 20.4. The second-order valence-corrected chi connectivity index (χ2v) is 6.96. The summed E-state index contributed by atoms with van der Waals surface area (Å²) in [6.45, 7) is 5.25. The Morgan fingerprint density at radius 2 is 1.97 bits per heavy atom. The number of fused-ring (bicyclic) bond motifs is 1. The van der Waals surface area contributed by atoms with E-state index in [0.717, 1.165) is 5.56 Å². The zero-order valence-electron chi connectivity index (χ0n) is 16.7. The van der Waals surface area contributed by atoms with Gasteiger partial charge in [-0.2, -0.15) is 0 Å². The Balaban J connectivity index is 1.55. The number of anilines is 2. The highest BCUT2D eigenvalue weighted by molar-refractivity contribution is 6.00. The fourth-order valence-electron chi connectivity index (χ4n) is 3.07. The minimum atomic E-state index is -0.949. The van der Waals surface area contributed by atoms with Gasteiger partial charge in [0.25, 0.3) is 11.8 Å². The van der Waals surface area contributed by atoms with E-state index in [1.54, 1.807) is 31.2 Å². The van der Waals surface area contributed by atoms with Gasteiger partial charge in [0.2, 0.25) is 0 Å². The van der Waals surface area contributed by atoms with Crippen molar-refractivity contribution in [2.45, 2.75) is 39.4 Å². The van der Waals surface area contributed by atoms with Crippen molar-refractivity contribution in [3.05, 3.63) is 54.1 Å². The van der Waals surface area contributed by atoms with Gasteiger partial charge in [0.1, 0.15) is 5.75 Å². The summed E-state index contributed by atoms with van der Waals surface area (Å²) in [6.07, 6.45) is -1.61. The summed E-state index contributed by atoms with van der Waals surface area (Å²) in [5.41, 5.74) is 2.27. The number of benzene rings is 2. The molecule has 3 rings (SSSR count). The maximum absolute atomic E-state index is 12.4. The maximum Gasteiger partial charge on any atom is 0.308 e. The topological polar surface area (TPSA) is 84.9 Å². The summed E-state index contributed by atoms with van der Waals surface area (Å²) in [5, 5.41) is 2.72. The van der Waals surface area contributed by atoms with Gasteiger partial charge in [0, 0.05) is 12.2 Å². The zero-order chi connectivity index (χ0) is 21.0. The highest BCUT2D eigenvalue weighted by Gasteiger charge is 2.31. The molecular weight excluding hydrogens is 372 g/mol. The van der Waals surface area contributed by atoms with Crippen molar-refractivity contribution in [2.24, 2.45) is 0 Å². The average Bonchev–Trinajstić information content (AvgIpc) is 2.68. The molecule has 0 aromatic heterocycles. The van der Waals surface area contributed by atoms with Gasteiger partial charge in [-0.25, -0.2) is 0 Å². The molecule has 0 fully saturated rings. The van der Waals surface area contributed by atoms with Crippen molar-refractivity contribution >= 4 is 29.2 Å². The van der Waals surface area contributed by atoms with E-state index in [4.69, 9.17) is 9.47 Å². The molecule has 2 unspecified atom stereocenters. The summed E-state index contributed by atoms with van der Waals surface area (Å²) >= 11 is 0. The first-order chi connectivity index (χ1) is 13.8. The van der Waals surface area contributed by atoms with E-state index in [9.17, 15) is 14.4 Å². The molecule has 0 radical (unpaired) electrons. The molecule has 0 saturated heterocycles. The number of amides is 2. The predicted octanol–water partition coefficient (Wildman–Crippen LogP) is 3.07. The fourth-order valence-corrected chi connectivity index (χ4v) is 3.07. The van der Waals surface area contributed by atoms with Crippen LogP contribution in [0, 0.1) is 6.92 Å². The standard InChI is InChI=1S/C22H24N2O5/c1-14-7-6-8-17(13-14)23-21(26)15(2)29-20(25)11-12-24-18-9-4-5-10-19(18)28-16(3)22(24)27/h4-10,13,15-16H,11-12H2,1-3H3,(H,23,26). The van der Waals surface area contributed by atoms with E-state index in [-0.39, 0.29) is 18.9 Å². The van der Waals surface area contributed by atoms with Gasteiger partial charge in [-0.15, -0.1) is 0 Å². The van der Waals surface area contributed by atoms with Crippen LogP contribution in [0.1, 0.15) is 25.8 Å². The lowest BCUT2D eigenvalue weighted by atomic mass is 10.2. The highest BCUT2D eigenvalue weighted by atomic mass is 16.5. The van der Waals surface area contributed by atoms with E-state index < -0.39 is 24.1 Å². The van der Waals surface area contributed by atoms with Gasteiger partial charge in [0.05, 0.1) is 12.1 Å². The monoisotopic (exact) mass is 396 g/mol. The number of nitrogens with zero attached hydrogens (tertiary/aromatic N) is 1. The second kappa shape index (κ2) is 8.77. The molecule has 0 saturated carbocycles. The van der Waals surface area contributed by atoms with E-state index in [2.05, 4.69) is 5.32 Å². The first-order valence-corrected chi connectivity index (χ1v) is 9.49. The third-order valence-electron chi connectivity index (χ3n) is 4.58. The van der Waals surface area contributed by atoms with Crippen LogP contribution in [0.3, 0.4) is 0 Å². The number of para-hydroxylation sites is 2. The number of nitrogens with one attached hydrogen (secondary N) is 1. The van der Waals surface area contributed by atoms with Crippen LogP contribution >= 0.6 is 0 Å². The Morgan fingerprint density at radius 1 is 1.21 bits per heavy atom. The van der Waals surface area contributed by atoms with Crippen LogP contribution in [0.2, 0.25) is 0 Å². The molecule has 1 N–H and O–H groups in total. The SMILES string of the molecule is Cc1cccc(NC(=O)C(C)OC(=O)CCN2C(=O)C(C)Oc3ccccc32)c1. The van der Waals surface area contributed by atoms with Crippen molar-refractivity contribution in [3.8, 4) is 5.75 Å². The van der Waals surface area contributed by atoms with Crippen LogP contribution in [0.25, 0.3) is 0 Å². The third-order valence-corrected chi connectivity index (χ3v) is 4.58. The molecular formula is C22H24N2O5. The van der Waals surface area contributed by atoms with Gasteiger partial charge in [-0.3, -0.25) is 14.4 Å². The number of carbonyl (C=O) groups excluding carboxylic acids is 3. The smallest absolute Gasteiger partial charge is 0.308 e. The fraction of sp³-hybridized carbons (Fsp3) is 0.318. The molecule has 2 aromatic rings. The van der Waals surface area contributed by atoms with Crippen molar-refractivity contribution < 1.29 is 23.9 Å². The second-order valence-electron chi connectivity index (χ2n) is 6.96. The molecule has 2 amide bonds. The summed E-state index contributed by atoms with van der Waals surface area (Å²) in [7, 11) is 0. The normalized spacial score (nSPS) is 16.4. The Hall–Kier alpha value is -3.35. The largest absolute Gasteiger partial charge is 0.479 e. The zero-order valence-corrected chi connectivity index (χ0v) is 16.7. The summed E-state index contributed by atoms with van der Waals surface area (Å²) in [4.78, 5) is 38.5. The quantitative estimate of drug-likeness (QED) is 0.759. The average molecular weight is 396 g/mol. The number of rotatable bonds is 6. The van der Waals surface area contributed by atoms with E-state index in [1.165, 1.54) is 11.8 Å². The lowest BCUT2D eigenvalue weighted by Crippen LogP contribution is -2.45. The molecule has 0 bridgehead atoms. The lowest BCUT2D eigenvalue weighted by molar-refractivity contribution is -0.153. The number of carbonyl (C=O) groups is 3. The van der Waals surface area contributed by atoms with Gasteiger partial charge in [-0.1, -0.05) is 24.3 Å². The Labute approximate surface area is 169 Å². The predicted molar refractivity (Wildman–Crippen MR) is 109 cm³/mol. The molecule has 7 nitrogen and oxygen atoms in total. The third kappa shape index (κ3) is 4.93. The van der Waals surface area contributed by atoms with Crippen molar-refractivity contribution in [2.75, 3.05) is 16.8 Å². The van der Waals surface area contributed by atoms with Crippen LogP contribution in [0.5, 0.6) is 5.75 Å². The maximum atomic E-state index is 12.4. The van der Waals surface area contributed by atoms with Crippen LogP contribution in [0.15, 0.2) is 48.5 Å². The Bertz CT molecular complexity index is 927. The molecule has 7 heteroatoms. The Morgan fingerprint density at radius 3 is 2.72 bits per heavy atom. The molecule has 1 aliphatic rings. The molecule has 0 aliphatic carbocycles. The number of hydrogen-bond donors (Lipinski definition) is 1. The van der Waals surface area contributed by atoms with Gasteiger partial charge in [0.15, 0.2) is 12.2 Å². The number of ether oxygens (including phenoxy) is 2. The minimum absolute atomic E-state index is 0.0329. The van der Waals surface area contributed by atoms with Crippen LogP contribution in [-0.4, -0.2) is 36.5 Å². The molecule has 2 aromatic carbocycles. The summed E-state index contributed by atoms with van der Waals surface area (Å²) in [5.74, 6) is -0.590. The minimum Gasteiger partial charge on any atom is -0.479 e. The number of hydrogen-bond acceptors (Lipinski definition) is 5. The van der Waals surface area contributed by atoms with Crippen LogP contribution < -0.4 is 15.0 Å². The molecule has 152 valence electrons. The van der Waals surface area contributed by atoms with Gasteiger partial charge < -0.3 is 19.7 Å². The summed E-state index contributed by atoms with van der Waals surface area (Å²) < 4.78 is 10.8. The van der Waals surface area contributed by atoms with E-state index >= 15 is 0 Å².